The van der Waals surface area contributed by atoms with Gasteiger partial charge in [0.15, 0.2) is 5.78 Å². The fourth-order valence-corrected chi connectivity index (χ4v) is 1.23. The number of carbonyl (C=O) groups is 1. The summed E-state index contributed by atoms with van der Waals surface area (Å²) < 4.78 is 1.15. The van der Waals surface area contributed by atoms with Gasteiger partial charge in [0.05, 0.1) is 0 Å². The fraction of sp³-hybridized carbons (Fsp3) is 0.111. The van der Waals surface area contributed by atoms with Gasteiger partial charge in [0.25, 0.3) is 0 Å². The van der Waals surface area contributed by atoms with Gasteiger partial charge in [0.2, 0.25) is 0 Å². The van der Waals surface area contributed by atoms with E-state index in [0.717, 1.165) is 9.26 Å². The Kier molecular flexibility index (Phi) is 3.80. The molecule has 1 aromatic carbocycles. The summed E-state index contributed by atoms with van der Waals surface area (Å²) in [7, 11) is 0. The number of halogens is 1. The molecule has 68 valence electrons. The second-order valence-corrected chi connectivity index (χ2v) is 4.17. The standard InChI is InChI=1S/C9H8INOS/c1-6(12)9(13)11-8-4-2-7(10)3-5-8/h2-5H,1H3,(H,11,13). The summed E-state index contributed by atoms with van der Waals surface area (Å²) in [5.74, 6) is -0.117. The van der Waals surface area contributed by atoms with Gasteiger partial charge < -0.3 is 5.32 Å². The highest BCUT2D eigenvalue weighted by Crippen LogP contribution is 2.11. The Balaban J connectivity index is 2.70. The van der Waals surface area contributed by atoms with Crippen LogP contribution in [0.15, 0.2) is 24.3 Å². The average molecular weight is 305 g/mol. The molecule has 4 heteroatoms. The number of thiocarbonyl (C=S) groups is 1. The first-order valence-corrected chi connectivity index (χ1v) is 5.16. The Morgan fingerprint density at radius 1 is 1.38 bits per heavy atom. The van der Waals surface area contributed by atoms with Crippen LogP contribution in [-0.2, 0) is 4.79 Å². The van der Waals surface area contributed by atoms with Crippen LogP contribution in [0.25, 0.3) is 0 Å². The summed E-state index contributed by atoms with van der Waals surface area (Å²) in [5.41, 5.74) is 0.848. The highest BCUT2D eigenvalue weighted by atomic mass is 127. The lowest BCUT2D eigenvalue weighted by Crippen LogP contribution is -2.17. The highest BCUT2D eigenvalue weighted by molar-refractivity contribution is 14.1. The molecule has 0 heterocycles. The fourth-order valence-electron chi connectivity index (χ4n) is 0.752. The van der Waals surface area contributed by atoms with Crippen molar-refractivity contribution in [2.45, 2.75) is 6.92 Å². The molecule has 0 aromatic heterocycles. The number of carbonyl (C=O) groups excluding carboxylic acids is 1. The van der Waals surface area contributed by atoms with E-state index in [9.17, 15) is 4.79 Å². The molecule has 0 saturated heterocycles. The maximum absolute atomic E-state index is 10.8. The third-order valence-electron chi connectivity index (χ3n) is 1.42. The van der Waals surface area contributed by atoms with Gasteiger partial charge in [-0.25, -0.2) is 0 Å². The topological polar surface area (TPSA) is 29.1 Å². The van der Waals surface area contributed by atoms with Gasteiger partial charge in [-0.3, -0.25) is 4.79 Å². The second kappa shape index (κ2) is 4.66. The number of nitrogens with one attached hydrogen (secondary N) is 1. The van der Waals surface area contributed by atoms with Crippen molar-refractivity contribution in [2.24, 2.45) is 0 Å². The largest absolute Gasteiger partial charge is 0.344 e. The minimum absolute atomic E-state index is 0.117. The number of anilines is 1. The van der Waals surface area contributed by atoms with Crippen molar-refractivity contribution in [1.82, 2.24) is 0 Å². The molecule has 1 rings (SSSR count). The molecule has 0 aliphatic carbocycles. The molecule has 0 radical (unpaired) electrons. The minimum atomic E-state index is -0.117. The molecule has 2 nitrogen and oxygen atoms in total. The van der Waals surface area contributed by atoms with E-state index in [1.54, 1.807) is 0 Å². The summed E-state index contributed by atoms with van der Waals surface area (Å²) in [6.07, 6.45) is 0. The van der Waals surface area contributed by atoms with Crippen LogP contribution in [-0.4, -0.2) is 10.8 Å². The lowest BCUT2D eigenvalue weighted by atomic mass is 10.3. The van der Waals surface area contributed by atoms with E-state index < -0.39 is 0 Å². The zero-order valence-electron chi connectivity index (χ0n) is 7.00. The zero-order chi connectivity index (χ0) is 9.84. The van der Waals surface area contributed by atoms with Crippen LogP contribution in [0.2, 0.25) is 0 Å². The summed E-state index contributed by atoms with van der Waals surface area (Å²) in [5, 5.41) is 2.85. The number of rotatable bonds is 2. The van der Waals surface area contributed by atoms with E-state index in [1.165, 1.54) is 6.92 Å². The molecule has 0 spiro atoms. The predicted octanol–water partition coefficient (Wildman–Crippen LogP) is 2.62. The summed E-state index contributed by atoms with van der Waals surface area (Å²) >= 11 is 7.05. The van der Waals surface area contributed by atoms with Gasteiger partial charge >= 0.3 is 0 Å². The molecule has 0 aliphatic heterocycles. The number of hydrogen-bond acceptors (Lipinski definition) is 2. The number of Topliss-reactive ketones (excluding diaryl/α,β-unsaturated/α-hetero) is 1. The molecule has 0 aliphatic rings. The van der Waals surface area contributed by atoms with Gasteiger partial charge in [-0.05, 0) is 46.9 Å². The Morgan fingerprint density at radius 2 is 1.92 bits per heavy atom. The van der Waals surface area contributed by atoms with E-state index >= 15 is 0 Å². The maximum atomic E-state index is 10.8. The monoisotopic (exact) mass is 305 g/mol. The molecule has 13 heavy (non-hydrogen) atoms. The van der Waals surface area contributed by atoms with Gasteiger partial charge in [-0.2, -0.15) is 0 Å². The van der Waals surface area contributed by atoms with E-state index in [1.807, 2.05) is 24.3 Å². The van der Waals surface area contributed by atoms with E-state index in [-0.39, 0.29) is 10.8 Å². The van der Waals surface area contributed by atoms with Gasteiger partial charge in [0, 0.05) is 16.2 Å². The molecule has 0 atom stereocenters. The minimum Gasteiger partial charge on any atom is -0.344 e. The summed E-state index contributed by atoms with van der Waals surface area (Å²) in [6.45, 7) is 1.45. The molecule has 0 amide bonds. The first-order valence-electron chi connectivity index (χ1n) is 3.67. The molecule has 0 fully saturated rings. The molecule has 0 bridgehead atoms. The maximum Gasteiger partial charge on any atom is 0.187 e. The quantitative estimate of drug-likeness (QED) is 0.673. The summed E-state index contributed by atoms with van der Waals surface area (Å²) in [6, 6.07) is 7.67. The van der Waals surface area contributed by atoms with Crippen molar-refractivity contribution in [3.8, 4) is 0 Å². The van der Waals surface area contributed by atoms with E-state index in [2.05, 4.69) is 27.9 Å². The number of benzene rings is 1. The smallest absolute Gasteiger partial charge is 0.187 e. The molecule has 1 aromatic rings. The van der Waals surface area contributed by atoms with E-state index in [0.29, 0.717) is 0 Å². The molecular weight excluding hydrogens is 297 g/mol. The lowest BCUT2D eigenvalue weighted by Gasteiger charge is -2.04. The molecule has 1 N–H and O–H groups in total. The van der Waals surface area contributed by atoms with Crippen LogP contribution < -0.4 is 5.32 Å². The van der Waals surface area contributed by atoms with Crippen molar-refractivity contribution in [1.29, 1.82) is 0 Å². The van der Waals surface area contributed by atoms with Crippen molar-refractivity contribution < 1.29 is 4.79 Å². The zero-order valence-corrected chi connectivity index (χ0v) is 9.98. The molecular formula is C9H8INOS. The van der Waals surface area contributed by atoms with Crippen LogP contribution >= 0.6 is 34.8 Å². The van der Waals surface area contributed by atoms with Crippen LogP contribution in [0.1, 0.15) is 6.92 Å². The Morgan fingerprint density at radius 3 is 2.38 bits per heavy atom. The molecule has 0 unspecified atom stereocenters. The van der Waals surface area contributed by atoms with Crippen LogP contribution in [0.5, 0.6) is 0 Å². The normalized spacial score (nSPS) is 9.38. The molecule has 0 saturated carbocycles. The lowest BCUT2D eigenvalue weighted by molar-refractivity contribution is -0.110. The Labute approximate surface area is 95.9 Å². The van der Waals surface area contributed by atoms with Crippen molar-refractivity contribution in [3.05, 3.63) is 27.8 Å². The first-order chi connectivity index (χ1) is 6.09. The average Bonchev–Trinajstić information content (AvgIpc) is 2.08. The summed E-state index contributed by atoms with van der Waals surface area (Å²) in [4.78, 5) is 11.1. The van der Waals surface area contributed by atoms with Gasteiger partial charge in [-0.15, -0.1) is 0 Å². The van der Waals surface area contributed by atoms with Crippen LogP contribution in [0.4, 0.5) is 5.69 Å². The third-order valence-corrected chi connectivity index (χ3v) is 2.53. The van der Waals surface area contributed by atoms with Crippen molar-refractivity contribution >= 4 is 51.3 Å². The third kappa shape index (κ3) is 3.40. The van der Waals surface area contributed by atoms with Crippen molar-refractivity contribution in [3.63, 3.8) is 0 Å². The highest BCUT2D eigenvalue weighted by Gasteiger charge is 2.01. The van der Waals surface area contributed by atoms with E-state index in [4.69, 9.17) is 12.2 Å². The SMILES string of the molecule is CC(=O)C(=S)Nc1ccc(I)cc1. The Bertz CT molecular complexity index is 334. The first kappa shape index (κ1) is 10.6. The number of ketones is 1. The van der Waals surface area contributed by atoms with Crippen LogP contribution in [0.3, 0.4) is 0 Å². The van der Waals surface area contributed by atoms with Crippen molar-refractivity contribution in [2.75, 3.05) is 5.32 Å². The van der Waals surface area contributed by atoms with Gasteiger partial charge in [0.1, 0.15) is 4.99 Å². The number of hydrogen-bond donors (Lipinski definition) is 1. The Hall–Kier alpha value is -0.490. The van der Waals surface area contributed by atoms with Crippen LogP contribution in [0, 0.1) is 3.57 Å². The van der Waals surface area contributed by atoms with Gasteiger partial charge in [-0.1, -0.05) is 12.2 Å². The second-order valence-electron chi connectivity index (χ2n) is 2.52. The predicted molar refractivity (Wildman–Crippen MR) is 66.1 cm³/mol.